The van der Waals surface area contributed by atoms with Crippen molar-refractivity contribution in [2.45, 2.75) is 58.9 Å². The number of benzene rings is 2. The molecule has 1 aliphatic rings. The highest BCUT2D eigenvalue weighted by Gasteiger charge is 2.29. The SMILES string of the molecule is C[C@H](NC(=O)CCC(CCNC(=O)OCC1c2ccccc2-c2ccccc21)C(C)(C)C)C(=O)O. The summed E-state index contributed by atoms with van der Waals surface area (Å²) in [5.41, 5.74) is 4.65. The Labute approximate surface area is 207 Å². The summed E-state index contributed by atoms with van der Waals surface area (Å²) in [5.74, 6) is -1.15. The van der Waals surface area contributed by atoms with Gasteiger partial charge in [-0.1, -0.05) is 69.3 Å². The number of nitrogens with one attached hydrogen (secondary N) is 2. The fourth-order valence-corrected chi connectivity index (χ4v) is 4.69. The van der Waals surface area contributed by atoms with E-state index in [1.54, 1.807) is 0 Å². The van der Waals surface area contributed by atoms with Crippen LogP contribution in [0.25, 0.3) is 11.1 Å². The number of carbonyl (C=O) groups excluding carboxylic acids is 2. The number of aliphatic carboxylic acids is 1. The van der Waals surface area contributed by atoms with Crippen molar-refractivity contribution in [3.63, 3.8) is 0 Å². The highest BCUT2D eigenvalue weighted by molar-refractivity contribution is 5.83. The van der Waals surface area contributed by atoms with Gasteiger partial charge in [-0.05, 0) is 53.4 Å². The van der Waals surface area contributed by atoms with E-state index >= 15 is 0 Å². The largest absolute Gasteiger partial charge is 0.480 e. The second-order valence-electron chi connectivity index (χ2n) is 10.3. The number of amides is 2. The van der Waals surface area contributed by atoms with Crippen LogP contribution < -0.4 is 10.6 Å². The first-order valence-electron chi connectivity index (χ1n) is 12.2. The van der Waals surface area contributed by atoms with Gasteiger partial charge in [0.05, 0.1) is 0 Å². The highest BCUT2D eigenvalue weighted by Crippen LogP contribution is 2.44. The zero-order valence-corrected chi connectivity index (χ0v) is 21.0. The molecular weight excluding hydrogens is 444 g/mol. The van der Waals surface area contributed by atoms with Gasteiger partial charge in [0.25, 0.3) is 0 Å². The monoisotopic (exact) mass is 480 g/mol. The van der Waals surface area contributed by atoms with Gasteiger partial charge in [-0.15, -0.1) is 0 Å². The Morgan fingerprint density at radius 3 is 2.09 bits per heavy atom. The van der Waals surface area contributed by atoms with Crippen LogP contribution in [0.2, 0.25) is 0 Å². The first kappa shape index (κ1) is 26.3. The molecule has 0 aromatic heterocycles. The molecule has 2 aromatic carbocycles. The number of fused-ring (bicyclic) bond motifs is 3. The zero-order chi connectivity index (χ0) is 25.6. The molecule has 0 aliphatic heterocycles. The summed E-state index contributed by atoms with van der Waals surface area (Å²) >= 11 is 0. The molecule has 0 saturated heterocycles. The minimum absolute atomic E-state index is 0.0159. The number of carbonyl (C=O) groups is 3. The summed E-state index contributed by atoms with van der Waals surface area (Å²) < 4.78 is 5.60. The Hall–Kier alpha value is -3.35. The fraction of sp³-hybridized carbons (Fsp3) is 0.464. The molecular formula is C28H36N2O5. The topological polar surface area (TPSA) is 105 Å². The number of rotatable bonds is 10. The van der Waals surface area contributed by atoms with Crippen molar-refractivity contribution in [1.82, 2.24) is 10.6 Å². The first-order valence-corrected chi connectivity index (χ1v) is 12.2. The van der Waals surface area contributed by atoms with Gasteiger partial charge in [0, 0.05) is 18.9 Å². The summed E-state index contributed by atoms with van der Waals surface area (Å²) in [7, 11) is 0. The molecule has 0 heterocycles. The molecule has 188 valence electrons. The number of hydrogen-bond donors (Lipinski definition) is 3. The maximum absolute atomic E-state index is 12.5. The van der Waals surface area contributed by atoms with Gasteiger partial charge in [-0.25, -0.2) is 4.79 Å². The third kappa shape index (κ3) is 6.84. The van der Waals surface area contributed by atoms with E-state index in [2.05, 4.69) is 55.7 Å². The third-order valence-corrected chi connectivity index (χ3v) is 6.80. The number of carboxylic acids is 1. The van der Waals surface area contributed by atoms with Gasteiger partial charge in [0.15, 0.2) is 0 Å². The molecule has 1 unspecified atom stereocenters. The highest BCUT2D eigenvalue weighted by atomic mass is 16.5. The summed E-state index contributed by atoms with van der Waals surface area (Å²) in [6, 6.07) is 15.5. The standard InChI is InChI=1S/C28H36N2O5/c1-18(26(32)33)30-25(31)14-13-19(28(2,3)4)15-16-29-27(34)35-17-24-22-11-7-5-9-20(22)21-10-6-8-12-23(21)24/h5-12,18-19,24H,13-17H2,1-4H3,(H,29,34)(H,30,31)(H,32,33)/t18-,19?/m0/s1. The number of ether oxygens (including phenoxy) is 1. The first-order chi connectivity index (χ1) is 16.6. The fourth-order valence-electron chi connectivity index (χ4n) is 4.69. The van der Waals surface area contributed by atoms with Crippen LogP contribution in [0.4, 0.5) is 4.79 Å². The van der Waals surface area contributed by atoms with E-state index in [4.69, 9.17) is 9.84 Å². The third-order valence-electron chi connectivity index (χ3n) is 6.80. The quantitative estimate of drug-likeness (QED) is 0.446. The van der Waals surface area contributed by atoms with Crippen LogP contribution >= 0.6 is 0 Å². The minimum atomic E-state index is -1.06. The van der Waals surface area contributed by atoms with Crippen molar-refractivity contribution in [2.24, 2.45) is 11.3 Å². The molecule has 0 spiro atoms. The maximum atomic E-state index is 12.5. The molecule has 2 aromatic rings. The molecule has 0 saturated carbocycles. The van der Waals surface area contributed by atoms with Gasteiger partial charge in [-0.3, -0.25) is 9.59 Å². The van der Waals surface area contributed by atoms with Crippen LogP contribution in [0.3, 0.4) is 0 Å². The molecule has 2 atom stereocenters. The Bertz CT molecular complexity index is 1010. The predicted molar refractivity (Wildman–Crippen MR) is 135 cm³/mol. The lowest BCUT2D eigenvalue weighted by Gasteiger charge is -2.31. The average molecular weight is 481 g/mol. The molecule has 3 rings (SSSR count). The minimum Gasteiger partial charge on any atom is -0.480 e. The molecule has 2 amide bonds. The van der Waals surface area contributed by atoms with E-state index in [-0.39, 0.29) is 36.2 Å². The van der Waals surface area contributed by atoms with Crippen LogP contribution in [0, 0.1) is 11.3 Å². The Balaban J connectivity index is 1.48. The van der Waals surface area contributed by atoms with E-state index in [9.17, 15) is 14.4 Å². The van der Waals surface area contributed by atoms with E-state index in [1.807, 2.05) is 24.3 Å². The molecule has 7 heteroatoms. The van der Waals surface area contributed by atoms with Crippen LogP contribution in [0.15, 0.2) is 48.5 Å². The van der Waals surface area contributed by atoms with Crippen LogP contribution in [-0.2, 0) is 14.3 Å². The van der Waals surface area contributed by atoms with E-state index in [0.717, 1.165) is 0 Å². The van der Waals surface area contributed by atoms with Crippen molar-refractivity contribution in [2.75, 3.05) is 13.2 Å². The Morgan fingerprint density at radius 2 is 1.54 bits per heavy atom. The predicted octanol–water partition coefficient (Wildman–Crippen LogP) is 4.95. The maximum Gasteiger partial charge on any atom is 0.407 e. The lowest BCUT2D eigenvalue weighted by molar-refractivity contribution is -0.141. The summed E-state index contributed by atoms with van der Waals surface area (Å²) in [4.78, 5) is 35.5. The van der Waals surface area contributed by atoms with Gasteiger partial charge in [0.1, 0.15) is 12.6 Å². The van der Waals surface area contributed by atoms with Gasteiger partial charge in [0.2, 0.25) is 5.91 Å². The normalized spacial score (nSPS) is 14.4. The smallest absolute Gasteiger partial charge is 0.407 e. The van der Waals surface area contributed by atoms with Crippen LogP contribution in [0.1, 0.15) is 64.0 Å². The summed E-state index contributed by atoms with van der Waals surface area (Å²) in [5, 5.41) is 14.3. The number of hydrogen-bond acceptors (Lipinski definition) is 4. The zero-order valence-electron chi connectivity index (χ0n) is 21.0. The van der Waals surface area contributed by atoms with Crippen molar-refractivity contribution in [3.8, 4) is 11.1 Å². The number of carboxylic acid groups (broad SMARTS) is 1. The lowest BCUT2D eigenvalue weighted by Crippen LogP contribution is -2.38. The van der Waals surface area contributed by atoms with Crippen LogP contribution in [-0.4, -0.2) is 42.3 Å². The van der Waals surface area contributed by atoms with E-state index < -0.39 is 18.1 Å². The van der Waals surface area contributed by atoms with E-state index in [0.29, 0.717) is 19.4 Å². The van der Waals surface area contributed by atoms with Crippen molar-refractivity contribution in [3.05, 3.63) is 59.7 Å². The number of alkyl carbamates (subject to hydrolysis) is 1. The van der Waals surface area contributed by atoms with Gasteiger partial charge >= 0.3 is 12.1 Å². The molecule has 3 N–H and O–H groups in total. The average Bonchev–Trinajstić information content (AvgIpc) is 3.12. The second-order valence-corrected chi connectivity index (χ2v) is 10.3. The second kappa shape index (κ2) is 11.4. The Kier molecular flexibility index (Phi) is 8.54. The van der Waals surface area contributed by atoms with Crippen molar-refractivity contribution >= 4 is 18.0 Å². The van der Waals surface area contributed by atoms with Gasteiger partial charge < -0.3 is 20.5 Å². The summed E-state index contributed by atoms with van der Waals surface area (Å²) in [6.07, 6.45) is 1.08. The molecule has 0 bridgehead atoms. The van der Waals surface area contributed by atoms with E-state index in [1.165, 1.54) is 29.2 Å². The van der Waals surface area contributed by atoms with Gasteiger partial charge in [-0.2, -0.15) is 0 Å². The Morgan fingerprint density at radius 1 is 0.971 bits per heavy atom. The molecule has 0 fully saturated rings. The molecule has 1 aliphatic carbocycles. The molecule has 35 heavy (non-hydrogen) atoms. The van der Waals surface area contributed by atoms with Crippen molar-refractivity contribution < 1.29 is 24.2 Å². The van der Waals surface area contributed by atoms with Crippen molar-refractivity contribution in [1.29, 1.82) is 0 Å². The molecule has 0 radical (unpaired) electrons. The molecule has 7 nitrogen and oxygen atoms in total. The summed E-state index contributed by atoms with van der Waals surface area (Å²) in [6.45, 7) is 8.45. The van der Waals surface area contributed by atoms with Crippen LogP contribution in [0.5, 0.6) is 0 Å². The lowest BCUT2D eigenvalue weighted by atomic mass is 9.76.